The average molecular weight is 337 g/mol. The van der Waals surface area contributed by atoms with Crippen molar-refractivity contribution in [2.75, 3.05) is 5.32 Å². The minimum atomic E-state index is -4.81. The summed E-state index contributed by atoms with van der Waals surface area (Å²) in [5, 5.41) is 2.60. The number of amides is 1. The second kappa shape index (κ2) is 7.86. The summed E-state index contributed by atoms with van der Waals surface area (Å²) < 4.78 is 42.2. The lowest BCUT2D eigenvalue weighted by Gasteiger charge is -2.15. The van der Waals surface area contributed by atoms with Gasteiger partial charge in [-0.3, -0.25) is 4.79 Å². The van der Waals surface area contributed by atoms with Crippen LogP contribution in [0.4, 0.5) is 18.9 Å². The van der Waals surface area contributed by atoms with Crippen molar-refractivity contribution in [2.24, 2.45) is 0 Å². The summed E-state index contributed by atoms with van der Waals surface area (Å²) in [4.78, 5) is 11.7. The molecule has 1 amide bonds. The highest BCUT2D eigenvalue weighted by Crippen LogP contribution is 2.36. The van der Waals surface area contributed by atoms with Gasteiger partial charge in [-0.25, -0.2) is 0 Å². The van der Waals surface area contributed by atoms with E-state index in [1.807, 2.05) is 6.92 Å². The smallest absolute Gasteiger partial charge is 0.405 e. The van der Waals surface area contributed by atoms with Gasteiger partial charge in [0.25, 0.3) is 0 Å². The summed E-state index contributed by atoms with van der Waals surface area (Å²) in [6, 6.07) is 12.9. The number of hydrogen-bond donors (Lipinski definition) is 1. The van der Waals surface area contributed by atoms with Crippen molar-refractivity contribution in [3.8, 4) is 16.9 Å². The van der Waals surface area contributed by atoms with E-state index in [4.69, 9.17) is 0 Å². The molecule has 2 aromatic rings. The number of nitrogens with one attached hydrogen (secondary N) is 1. The quantitative estimate of drug-likeness (QED) is 0.768. The Morgan fingerprint density at radius 1 is 1.12 bits per heavy atom. The zero-order valence-electron chi connectivity index (χ0n) is 13.2. The molecule has 6 heteroatoms. The van der Waals surface area contributed by atoms with E-state index >= 15 is 0 Å². The summed E-state index contributed by atoms with van der Waals surface area (Å²) in [6.07, 6.45) is -2.90. The van der Waals surface area contributed by atoms with E-state index in [1.165, 1.54) is 12.1 Å². The van der Waals surface area contributed by atoms with Gasteiger partial charge in [-0.05, 0) is 24.1 Å². The van der Waals surface area contributed by atoms with Gasteiger partial charge < -0.3 is 10.1 Å². The molecule has 0 spiro atoms. The lowest BCUT2D eigenvalue weighted by atomic mass is 10.0. The number of halogens is 3. The molecule has 0 aromatic heterocycles. The van der Waals surface area contributed by atoms with Crippen LogP contribution in [0.3, 0.4) is 0 Å². The molecular formula is C18H18F3NO2. The third-order valence-electron chi connectivity index (χ3n) is 3.33. The Hall–Kier alpha value is -2.50. The van der Waals surface area contributed by atoms with Crippen molar-refractivity contribution >= 4 is 11.6 Å². The maximum absolute atomic E-state index is 12.7. The van der Waals surface area contributed by atoms with Crippen molar-refractivity contribution in [3.05, 3.63) is 48.5 Å². The first-order valence-corrected chi connectivity index (χ1v) is 7.64. The Labute approximate surface area is 138 Å². The molecule has 0 saturated heterocycles. The maximum Gasteiger partial charge on any atom is 0.573 e. The van der Waals surface area contributed by atoms with Crippen LogP contribution in [0.5, 0.6) is 5.75 Å². The highest BCUT2D eigenvalue weighted by atomic mass is 19.4. The molecule has 3 nitrogen and oxygen atoms in total. The van der Waals surface area contributed by atoms with Crippen LogP contribution >= 0.6 is 0 Å². The summed E-state index contributed by atoms with van der Waals surface area (Å²) in [6.45, 7) is 1.96. The van der Waals surface area contributed by atoms with Gasteiger partial charge in [0.1, 0.15) is 5.75 Å². The Bertz CT molecular complexity index is 684. The van der Waals surface area contributed by atoms with Crippen molar-refractivity contribution in [1.29, 1.82) is 0 Å². The molecule has 0 saturated carbocycles. The highest BCUT2D eigenvalue weighted by molar-refractivity contribution is 5.91. The number of rotatable bonds is 6. The molecule has 0 aliphatic heterocycles. The fourth-order valence-corrected chi connectivity index (χ4v) is 2.23. The average Bonchev–Trinajstić information content (AvgIpc) is 2.52. The monoisotopic (exact) mass is 337 g/mol. The molecular weight excluding hydrogens is 319 g/mol. The standard InChI is InChI=1S/C18H18F3NO2/c1-2-3-9-17(23)22-14-10-11-15(13-7-5-4-6-8-13)16(12-14)24-18(19,20)21/h4-8,10-12H,2-3,9H2,1H3,(H,22,23). The van der Waals surface area contributed by atoms with E-state index in [9.17, 15) is 18.0 Å². The zero-order chi connectivity index (χ0) is 17.6. The fraction of sp³-hybridized carbons (Fsp3) is 0.278. The minimum absolute atomic E-state index is 0.234. The van der Waals surface area contributed by atoms with Crippen LogP contribution in [0.25, 0.3) is 11.1 Å². The normalized spacial score (nSPS) is 11.2. The molecule has 2 aromatic carbocycles. The SMILES string of the molecule is CCCCC(=O)Nc1ccc(-c2ccccc2)c(OC(F)(F)F)c1. The van der Waals surface area contributed by atoms with E-state index in [0.717, 1.165) is 12.8 Å². The molecule has 24 heavy (non-hydrogen) atoms. The second-order valence-corrected chi connectivity index (χ2v) is 5.28. The molecule has 0 heterocycles. The fourth-order valence-electron chi connectivity index (χ4n) is 2.23. The summed E-state index contributed by atoms with van der Waals surface area (Å²) >= 11 is 0. The molecule has 0 fully saturated rings. The Kier molecular flexibility index (Phi) is 5.84. The van der Waals surface area contributed by atoms with Gasteiger partial charge in [-0.15, -0.1) is 13.2 Å². The highest BCUT2D eigenvalue weighted by Gasteiger charge is 2.32. The van der Waals surface area contributed by atoms with Gasteiger partial charge in [0.05, 0.1) is 0 Å². The molecule has 0 bridgehead atoms. The first-order valence-electron chi connectivity index (χ1n) is 7.64. The van der Waals surface area contributed by atoms with Crippen LogP contribution in [-0.4, -0.2) is 12.3 Å². The van der Waals surface area contributed by atoms with E-state index in [-0.39, 0.29) is 17.3 Å². The predicted octanol–water partition coefficient (Wildman–Crippen LogP) is 5.38. The number of unbranched alkanes of at least 4 members (excludes halogenated alkanes) is 1. The van der Waals surface area contributed by atoms with Crippen LogP contribution < -0.4 is 10.1 Å². The van der Waals surface area contributed by atoms with Crippen LogP contribution in [0.2, 0.25) is 0 Å². The molecule has 0 aliphatic rings. The van der Waals surface area contributed by atoms with E-state index in [0.29, 0.717) is 17.5 Å². The lowest BCUT2D eigenvalue weighted by Crippen LogP contribution is -2.18. The van der Waals surface area contributed by atoms with Crippen LogP contribution in [-0.2, 0) is 4.79 Å². The number of carbonyl (C=O) groups excluding carboxylic acids is 1. The first-order chi connectivity index (χ1) is 11.4. The molecule has 0 aliphatic carbocycles. The van der Waals surface area contributed by atoms with Crippen LogP contribution in [0, 0.1) is 0 Å². The largest absolute Gasteiger partial charge is 0.573 e. The van der Waals surface area contributed by atoms with Crippen LogP contribution in [0.1, 0.15) is 26.2 Å². The maximum atomic E-state index is 12.7. The summed E-state index contributed by atoms with van der Waals surface area (Å²) in [5.74, 6) is -0.579. The lowest BCUT2D eigenvalue weighted by molar-refractivity contribution is -0.274. The zero-order valence-corrected chi connectivity index (χ0v) is 13.2. The van der Waals surface area contributed by atoms with Gasteiger partial charge in [0.2, 0.25) is 5.91 Å². The minimum Gasteiger partial charge on any atom is -0.405 e. The number of ether oxygens (including phenoxy) is 1. The molecule has 2 rings (SSSR count). The van der Waals surface area contributed by atoms with Gasteiger partial charge in [0.15, 0.2) is 0 Å². The molecule has 0 unspecified atom stereocenters. The number of carbonyl (C=O) groups is 1. The molecule has 0 radical (unpaired) electrons. The number of alkyl halides is 3. The van der Waals surface area contributed by atoms with Gasteiger partial charge in [-0.2, -0.15) is 0 Å². The molecule has 128 valence electrons. The van der Waals surface area contributed by atoms with Crippen LogP contribution in [0.15, 0.2) is 48.5 Å². The number of anilines is 1. The van der Waals surface area contributed by atoms with Crippen molar-refractivity contribution in [3.63, 3.8) is 0 Å². The van der Waals surface area contributed by atoms with E-state index < -0.39 is 6.36 Å². The number of benzene rings is 2. The van der Waals surface area contributed by atoms with Gasteiger partial charge in [-0.1, -0.05) is 43.7 Å². The van der Waals surface area contributed by atoms with E-state index in [2.05, 4.69) is 10.1 Å². The van der Waals surface area contributed by atoms with E-state index in [1.54, 1.807) is 36.4 Å². The van der Waals surface area contributed by atoms with Gasteiger partial charge in [0, 0.05) is 23.7 Å². The topological polar surface area (TPSA) is 38.3 Å². The Balaban J connectivity index is 2.30. The Morgan fingerprint density at radius 2 is 1.83 bits per heavy atom. The van der Waals surface area contributed by atoms with Gasteiger partial charge >= 0.3 is 6.36 Å². The third kappa shape index (κ3) is 5.30. The number of hydrogen-bond acceptors (Lipinski definition) is 2. The van der Waals surface area contributed by atoms with Crippen molar-refractivity contribution in [2.45, 2.75) is 32.5 Å². The second-order valence-electron chi connectivity index (χ2n) is 5.28. The van der Waals surface area contributed by atoms with Crippen molar-refractivity contribution < 1.29 is 22.7 Å². The Morgan fingerprint density at radius 3 is 2.46 bits per heavy atom. The first kappa shape index (κ1) is 17.8. The third-order valence-corrected chi connectivity index (χ3v) is 3.33. The predicted molar refractivity (Wildman–Crippen MR) is 86.7 cm³/mol. The summed E-state index contributed by atoms with van der Waals surface area (Å²) in [7, 11) is 0. The molecule has 1 N–H and O–H groups in total. The molecule has 0 atom stereocenters. The van der Waals surface area contributed by atoms with Crippen molar-refractivity contribution in [1.82, 2.24) is 0 Å². The summed E-state index contributed by atoms with van der Waals surface area (Å²) in [5.41, 5.74) is 1.18.